The Morgan fingerprint density at radius 2 is 2.22 bits per heavy atom. The molecule has 2 N–H and O–H groups in total. The molecule has 0 aliphatic rings. The van der Waals surface area contributed by atoms with Crippen molar-refractivity contribution in [3.05, 3.63) is 45.4 Å². The van der Waals surface area contributed by atoms with E-state index in [2.05, 4.69) is 24.0 Å². The fourth-order valence-corrected chi connectivity index (χ4v) is 2.76. The highest BCUT2D eigenvalue weighted by atomic mass is 32.1. The Morgan fingerprint density at radius 1 is 1.39 bits per heavy atom. The van der Waals surface area contributed by atoms with Crippen LogP contribution in [0.1, 0.15) is 28.8 Å². The van der Waals surface area contributed by atoms with Gasteiger partial charge in [-0.05, 0) is 23.6 Å². The predicted molar refractivity (Wildman–Crippen MR) is 75.2 cm³/mol. The minimum Gasteiger partial charge on any atom is -0.496 e. The van der Waals surface area contributed by atoms with Crippen molar-refractivity contribution in [2.75, 3.05) is 7.11 Å². The first-order chi connectivity index (χ1) is 8.76. The summed E-state index contributed by atoms with van der Waals surface area (Å²) >= 11 is 1.67. The number of ether oxygens (including phenoxy) is 1. The Labute approximate surface area is 112 Å². The SMILES string of the molecule is CCc1cc(Cc2nc(CN)cs2)ccc1OC. The molecule has 3 nitrogen and oxygen atoms in total. The number of aryl methyl sites for hydroxylation is 1. The summed E-state index contributed by atoms with van der Waals surface area (Å²) in [6.45, 7) is 2.65. The maximum absolute atomic E-state index is 5.57. The summed E-state index contributed by atoms with van der Waals surface area (Å²) in [6, 6.07) is 6.33. The van der Waals surface area contributed by atoms with Crippen molar-refractivity contribution in [3.8, 4) is 5.75 Å². The van der Waals surface area contributed by atoms with Gasteiger partial charge in [-0.2, -0.15) is 0 Å². The number of rotatable bonds is 5. The molecular formula is C14H18N2OS. The minimum atomic E-state index is 0.513. The topological polar surface area (TPSA) is 48.1 Å². The second kappa shape index (κ2) is 5.98. The summed E-state index contributed by atoms with van der Waals surface area (Å²) < 4.78 is 5.33. The molecule has 0 aliphatic heterocycles. The number of nitrogens with zero attached hydrogens (tertiary/aromatic N) is 1. The number of aromatic nitrogens is 1. The van der Waals surface area contributed by atoms with Gasteiger partial charge in [0.2, 0.25) is 0 Å². The molecule has 1 aromatic carbocycles. The van der Waals surface area contributed by atoms with Gasteiger partial charge in [0.05, 0.1) is 17.8 Å². The normalized spacial score (nSPS) is 10.6. The third-order valence-electron chi connectivity index (χ3n) is 2.89. The highest BCUT2D eigenvalue weighted by molar-refractivity contribution is 7.09. The van der Waals surface area contributed by atoms with Gasteiger partial charge < -0.3 is 10.5 Å². The quantitative estimate of drug-likeness (QED) is 0.901. The maximum atomic E-state index is 5.57. The first-order valence-corrected chi connectivity index (χ1v) is 6.94. The average molecular weight is 262 g/mol. The molecule has 2 aromatic rings. The van der Waals surface area contributed by atoms with Crippen LogP contribution in [0.5, 0.6) is 5.75 Å². The van der Waals surface area contributed by atoms with Crippen LogP contribution in [0.15, 0.2) is 23.6 Å². The highest BCUT2D eigenvalue weighted by Gasteiger charge is 2.06. The third-order valence-corrected chi connectivity index (χ3v) is 3.79. The van der Waals surface area contributed by atoms with Crippen LogP contribution in [-0.4, -0.2) is 12.1 Å². The molecule has 1 aromatic heterocycles. The van der Waals surface area contributed by atoms with Crippen molar-refractivity contribution in [1.82, 2.24) is 4.98 Å². The van der Waals surface area contributed by atoms with Crippen molar-refractivity contribution in [2.45, 2.75) is 26.3 Å². The third kappa shape index (κ3) is 2.89. The summed E-state index contributed by atoms with van der Waals surface area (Å²) in [6.07, 6.45) is 1.84. The van der Waals surface area contributed by atoms with Crippen LogP contribution in [-0.2, 0) is 19.4 Å². The average Bonchev–Trinajstić information content (AvgIpc) is 2.86. The lowest BCUT2D eigenvalue weighted by Gasteiger charge is -2.08. The van der Waals surface area contributed by atoms with Gasteiger partial charge in [-0.1, -0.05) is 19.1 Å². The van der Waals surface area contributed by atoms with Crippen molar-refractivity contribution in [2.24, 2.45) is 5.73 Å². The van der Waals surface area contributed by atoms with E-state index in [1.807, 2.05) is 11.4 Å². The van der Waals surface area contributed by atoms with E-state index in [-0.39, 0.29) is 0 Å². The molecule has 0 amide bonds. The number of nitrogens with two attached hydrogens (primary N) is 1. The smallest absolute Gasteiger partial charge is 0.122 e. The van der Waals surface area contributed by atoms with E-state index in [0.717, 1.165) is 29.3 Å². The van der Waals surface area contributed by atoms with E-state index in [4.69, 9.17) is 10.5 Å². The summed E-state index contributed by atoms with van der Waals surface area (Å²) in [5.74, 6) is 0.961. The molecular weight excluding hydrogens is 244 g/mol. The number of thiazole rings is 1. The van der Waals surface area contributed by atoms with Gasteiger partial charge in [0.15, 0.2) is 0 Å². The van der Waals surface area contributed by atoms with Gasteiger partial charge in [-0.3, -0.25) is 0 Å². The zero-order valence-corrected chi connectivity index (χ0v) is 11.6. The van der Waals surface area contributed by atoms with Crippen LogP contribution in [0.2, 0.25) is 0 Å². The zero-order chi connectivity index (χ0) is 13.0. The van der Waals surface area contributed by atoms with Crippen LogP contribution >= 0.6 is 11.3 Å². The van der Waals surface area contributed by atoms with E-state index in [1.54, 1.807) is 18.4 Å². The Bertz CT molecular complexity index is 522. The molecule has 1 heterocycles. The molecule has 0 radical (unpaired) electrons. The molecule has 0 spiro atoms. The lowest BCUT2D eigenvalue weighted by Crippen LogP contribution is -1.97. The molecule has 0 unspecified atom stereocenters. The summed E-state index contributed by atoms with van der Waals surface area (Å²) in [7, 11) is 1.71. The number of hydrogen-bond donors (Lipinski definition) is 1. The molecule has 18 heavy (non-hydrogen) atoms. The lowest BCUT2D eigenvalue weighted by atomic mass is 10.1. The monoisotopic (exact) mass is 262 g/mol. The molecule has 0 atom stereocenters. The summed E-state index contributed by atoms with van der Waals surface area (Å²) in [5.41, 5.74) is 9.05. The molecule has 0 fully saturated rings. The van der Waals surface area contributed by atoms with Crippen LogP contribution in [0.3, 0.4) is 0 Å². The Kier molecular flexibility index (Phi) is 4.33. The molecule has 0 saturated carbocycles. The van der Waals surface area contributed by atoms with E-state index < -0.39 is 0 Å². The fraction of sp³-hybridized carbons (Fsp3) is 0.357. The van der Waals surface area contributed by atoms with Crippen molar-refractivity contribution in [3.63, 3.8) is 0 Å². The Balaban J connectivity index is 2.18. The largest absolute Gasteiger partial charge is 0.496 e. The van der Waals surface area contributed by atoms with E-state index in [9.17, 15) is 0 Å². The van der Waals surface area contributed by atoms with Crippen LogP contribution < -0.4 is 10.5 Å². The minimum absolute atomic E-state index is 0.513. The molecule has 96 valence electrons. The summed E-state index contributed by atoms with van der Waals surface area (Å²) in [4.78, 5) is 4.48. The number of hydrogen-bond acceptors (Lipinski definition) is 4. The van der Waals surface area contributed by atoms with Crippen LogP contribution in [0.25, 0.3) is 0 Å². The lowest BCUT2D eigenvalue weighted by molar-refractivity contribution is 0.410. The molecule has 2 rings (SSSR count). The van der Waals surface area contributed by atoms with E-state index >= 15 is 0 Å². The van der Waals surface area contributed by atoms with Crippen molar-refractivity contribution in [1.29, 1.82) is 0 Å². The van der Waals surface area contributed by atoms with Crippen molar-refractivity contribution >= 4 is 11.3 Å². The van der Waals surface area contributed by atoms with Crippen LogP contribution in [0.4, 0.5) is 0 Å². The number of methoxy groups -OCH3 is 1. The van der Waals surface area contributed by atoms with Gasteiger partial charge in [-0.25, -0.2) is 4.98 Å². The highest BCUT2D eigenvalue weighted by Crippen LogP contribution is 2.22. The van der Waals surface area contributed by atoms with Crippen molar-refractivity contribution < 1.29 is 4.74 Å². The predicted octanol–water partition coefficient (Wildman–Crippen LogP) is 2.76. The molecule has 0 aliphatic carbocycles. The van der Waals surface area contributed by atoms with Gasteiger partial charge in [0.25, 0.3) is 0 Å². The second-order valence-corrected chi connectivity index (χ2v) is 5.06. The Morgan fingerprint density at radius 3 is 2.83 bits per heavy atom. The standard InChI is InChI=1S/C14H18N2OS/c1-3-11-6-10(4-5-13(11)17-2)7-14-16-12(8-15)9-18-14/h4-6,9H,3,7-8,15H2,1-2H3. The first-order valence-electron chi connectivity index (χ1n) is 6.06. The van der Waals surface area contributed by atoms with Crippen LogP contribution in [0, 0.1) is 0 Å². The van der Waals surface area contributed by atoms with Gasteiger partial charge in [0.1, 0.15) is 5.75 Å². The zero-order valence-electron chi connectivity index (χ0n) is 10.8. The first kappa shape index (κ1) is 13.1. The van der Waals surface area contributed by atoms with Gasteiger partial charge >= 0.3 is 0 Å². The van der Waals surface area contributed by atoms with E-state index in [0.29, 0.717) is 6.54 Å². The second-order valence-electron chi connectivity index (χ2n) is 4.11. The Hall–Kier alpha value is -1.39. The number of benzene rings is 1. The summed E-state index contributed by atoms with van der Waals surface area (Å²) in [5, 5.41) is 3.14. The maximum Gasteiger partial charge on any atom is 0.122 e. The molecule has 0 bridgehead atoms. The van der Waals surface area contributed by atoms with Gasteiger partial charge in [-0.15, -0.1) is 11.3 Å². The van der Waals surface area contributed by atoms with E-state index in [1.165, 1.54) is 11.1 Å². The molecule has 0 saturated heterocycles. The molecule has 4 heteroatoms. The fourth-order valence-electron chi connectivity index (χ4n) is 1.92. The van der Waals surface area contributed by atoms with Gasteiger partial charge in [0, 0.05) is 18.3 Å².